The van der Waals surface area contributed by atoms with E-state index < -0.39 is 0 Å². The van der Waals surface area contributed by atoms with Crippen molar-refractivity contribution < 1.29 is 9.59 Å². The number of benzene rings is 2. The molecule has 0 saturated carbocycles. The topological polar surface area (TPSA) is 66.6 Å². The first kappa shape index (κ1) is 13.6. The summed E-state index contributed by atoms with van der Waals surface area (Å²) in [6.45, 7) is 1.05. The number of carbonyl (C=O) groups excluding carboxylic acids is 2. The first-order chi connectivity index (χ1) is 9.97. The zero-order chi connectivity index (χ0) is 15.1. The molecule has 5 heteroatoms. The molecule has 1 aliphatic heterocycles. The lowest BCUT2D eigenvalue weighted by atomic mass is 10.0. The third-order valence-corrected chi connectivity index (χ3v) is 3.72. The Hall–Kier alpha value is -2.40. The largest absolute Gasteiger partial charge is 0.399 e. The summed E-state index contributed by atoms with van der Waals surface area (Å²) in [4.78, 5) is 28.1. The van der Waals surface area contributed by atoms with Crippen molar-refractivity contribution in [2.75, 3.05) is 32.9 Å². The molecule has 1 heterocycles. The minimum absolute atomic E-state index is 0.212. The zero-order valence-corrected chi connectivity index (χ0v) is 12.1. The summed E-state index contributed by atoms with van der Waals surface area (Å²) >= 11 is 0. The normalized spacial score (nSPS) is 14.3. The number of fused-ring (bicyclic) bond motifs is 2. The highest BCUT2D eigenvalue weighted by molar-refractivity contribution is 6.23. The summed E-state index contributed by atoms with van der Waals surface area (Å²) in [5, 5.41) is 1.79. The van der Waals surface area contributed by atoms with Gasteiger partial charge in [-0.05, 0) is 49.1 Å². The molecular weight excluding hydrogens is 266 g/mol. The number of likely N-dealkylation sites (N-methyl/N-ethyl adjacent to an activating group) is 1. The van der Waals surface area contributed by atoms with E-state index in [1.165, 1.54) is 4.90 Å². The summed E-state index contributed by atoms with van der Waals surface area (Å²) in [5.41, 5.74) is 7.37. The lowest BCUT2D eigenvalue weighted by Gasteiger charge is -2.16. The van der Waals surface area contributed by atoms with Crippen LogP contribution in [-0.4, -0.2) is 48.8 Å². The Morgan fingerprint density at radius 2 is 1.62 bits per heavy atom. The van der Waals surface area contributed by atoms with Crippen molar-refractivity contribution in [1.82, 2.24) is 9.80 Å². The fourth-order valence-electron chi connectivity index (χ4n) is 2.56. The van der Waals surface area contributed by atoms with Crippen molar-refractivity contribution in [2.24, 2.45) is 0 Å². The number of amides is 2. The van der Waals surface area contributed by atoms with Crippen LogP contribution in [0.5, 0.6) is 0 Å². The second-order valence-electron chi connectivity index (χ2n) is 5.57. The van der Waals surface area contributed by atoms with Crippen molar-refractivity contribution >= 4 is 28.3 Å². The number of rotatable bonds is 3. The second kappa shape index (κ2) is 4.86. The fourth-order valence-corrected chi connectivity index (χ4v) is 2.56. The van der Waals surface area contributed by atoms with Crippen molar-refractivity contribution in [3.63, 3.8) is 0 Å². The number of hydrogen-bond donors (Lipinski definition) is 1. The number of hydrogen-bond acceptors (Lipinski definition) is 4. The van der Waals surface area contributed by atoms with Gasteiger partial charge in [-0.2, -0.15) is 0 Å². The molecule has 0 fully saturated rings. The Labute approximate surface area is 122 Å². The van der Waals surface area contributed by atoms with E-state index in [0.29, 0.717) is 29.9 Å². The van der Waals surface area contributed by atoms with Crippen LogP contribution in [0.3, 0.4) is 0 Å². The average molecular weight is 283 g/mol. The van der Waals surface area contributed by atoms with Crippen molar-refractivity contribution in [2.45, 2.75) is 0 Å². The van der Waals surface area contributed by atoms with E-state index in [9.17, 15) is 9.59 Å². The number of carbonyl (C=O) groups is 2. The summed E-state index contributed by atoms with van der Waals surface area (Å²) in [7, 11) is 3.82. The Morgan fingerprint density at radius 3 is 2.24 bits per heavy atom. The van der Waals surface area contributed by atoms with E-state index >= 15 is 0 Å². The lowest BCUT2D eigenvalue weighted by molar-refractivity contribution is 0.0645. The Balaban J connectivity index is 2.03. The van der Waals surface area contributed by atoms with Crippen LogP contribution in [0.2, 0.25) is 0 Å². The van der Waals surface area contributed by atoms with Gasteiger partial charge in [0.2, 0.25) is 0 Å². The Kier molecular flexibility index (Phi) is 3.14. The molecule has 3 rings (SSSR count). The number of imide groups is 1. The number of anilines is 1. The van der Waals surface area contributed by atoms with Gasteiger partial charge >= 0.3 is 0 Å². The predicted molar refractivity (Wildman–Crippen MR) is 82.3 cm³/mol. The van der Waals surface area contributed by atoms with Gasteiger partial charge in [0.1, 0.15) is 0 Å². The van der Waals surface area contributed by atoms with E-state index in [0.717, 1.165) is 10.8 Å². The summed E-state index contributed by atoms with van der Waals surface area (Å²) in [6, 6.07) is 9.01. The van der Waals surface area contributed by atoms with Crippen LogP contribution >= 0.6 is 0 Å². The molecule has 0 bridgehead atoms. The molecule has 2 aromatic carbocycles. The van der Waals surface area contributed by atoms with Crippen LogP contribution in [0.15, 0.2) is 30.3 Å². The quantitative estimate of drug-likeness (QED) is 0.686. The van der Waals surface area contributed by atoms with Crippen molar-refractivity contribution in [3.05, 3.63) is 41.5 Å². The molecular formula is C16H17N3O2. The number of nitrogens with zero attached hydrogens (tertiary/aromatic N) is 2. The molecule has 2 aromatic rings. The third kappa shape index (κ3) is 2.25. The second-order valence-corrected chi connectivity index (χ2v) is 5.57. The smallest absolute Gasteiger partial charge is 0.261 e. The molecule has 0 aliphatic carbocycles. The van der Waals surface area contributed by atoms with Crippen LogP contribution in [0.4, 0.5) is 5.69 Å². The van der Waals surface area contributed by atoms with Gasteiger partial charge in [0.05, 0.1) is 11.1 Å². The average Bonchev–Trinajstić information content (AvgIpc) is 2.66. The van der Waals surface area contributed by atoms with Gasteiger partial charge in [0, 0.05) is 18.8 Å². The maximum absolute atomic E-state index is 12.4. The predicted octanol–water partition coefficient (Wildman–Crippen LogP) is 1.58. The molecule has 2 N–H and O–H groups in total. The van der Waals surface area contributed by atoms with Crippen LogP contribution in [-0.2, 0) is 0 Å². The highest BCUT2D eigenvalue weighted by Gasteiger charge is 2.35. The molecule has 0 radical (unpaired) electrons. The van der Waals surface area contributed by atoms with Crippen LogP contribution in [0.1, 0.15) is 20.7 Å². The van der Waals surface area contributed by atoms with Crippen molar-refractivity contribution in [1.29, 1.82) is 0 Å². The molecule has 0 atom stereocenters. The Morgan fingerprint density at radius 1 is 1.00 bits per heavy atom. The van der Waals surface area contributed by atoms with E-state index in [1.807, 2.05) is 31.1 Å². The highest BCUT2D eigenvalue weighted by atomic mass is 16.2. The Bertz CT molecular complexity index is 753. The highest BCUT2D eigenvalue weighted by Crippen LogP contribution is 2.28. The molecule has 108 valence electrons. The molecule has 5 nitrogen and oxygen atoms in total. The first-order valence-corrected chi connectivity index (χ1v) is 6.81. The first-order valence-electron chi connectivity index (χ1n) is 6.81. The van der Waals surface area contributed by atoms with Crippen LogP contribution < -0.4 is 5.73 Å². The maximum Gasteiger partial charge on any atom is 0.261 e. The lowest BCUT2D eigenvalue weighted by Crippen LogP contribution is -2.35. The molecule has 21 heavy (non-hydrogen) atoms. The maximum atomic E-state index is 12.4. The summed E-state index contributed by atoms with van der Waals surface area (Å²) in [5.74, 6) is -0.434. The minimum Gasteiger partial charge on any atom is -0.399 e. The third-order valence-electron chi connectivity index (χ3n) is 3.72. The van der Waals surface area contributed by atoms with Gasteiger partial charge in [0.15, 0.2) is 0 Å². The summed E-state index contributed by atoms with van der Waals surface area (Å²) < 4.78 is 0. The van der Waals surface area contributed by atoms with Gasteiger partial charge in [-0.3, -0.25) is 14.5 Å². The van der Waals surface area contributed by atoms with E-state index in [1.54, 1.807) is 18.2 Å². The SMILES string of the molecule is CN(C)CCN1C(=O)c2cc3ccc(N)cc3cc2C1=O. The standard InChI is InChI=1S/C16H17N3O2/c1-18(2)5-6-19-15(20)13-8-10-3-4-12(17)7-11(10)9-14(13)16(19)21/h3-4,7-9H,5-6,17H2,1-2H3. The zero-order valence-electron chi connectivity index (χ0n) is 12.1. The van der Waals surface area contributed by atoms with E-state index in [-0.39, 0.29) is 11.8 Å². The van der Waals surface area contributed by atoms with Crippen LogP contribution in [0.25, 0.3) is 10.8 Å². The van der Waals surface area contributed by atoms with E-state index in [2.05, 4.69) is 0 Å². The molecule has 0 aromatic heterocycles. The van der Waals surface area contributed by atoms with Gasteiger partial charge in [-0.15, -0.1) is 0 Å². The monoisotopic (exact) mass is 283 g/mol. The molecule has 0 saturated heterocycles. The van der Waals surface area contributed by atoms with Crippen LogP contribution in [0, 0.1) is 0 Å². The molecule has 0 unspecified atom stereocenters. The number of nitrogen functional groups attached to an aromatic ring is 1. The van der Waals surface area contributed by atoms with Gasteiger partial charge in [0.25, 0.3) is 11.8 Å². The summed E-state index contributed by atoms with van der Waals surface area (Å²) in [6.07, 6.45) is 0. The molecule has 2 amide bonds. The fraction of sp³-hybridized carbons (Fsp3) is 0.250. The molecule has 1 aliphatic rings. The minimum atomic E-state index is -0.221. The molecule has 0 spiro atoms. The number of nitrogens with two attached hydrogens (primary N) is 1. The van der Waals surface area contributed by atoms with E-state index in [4.69, 9.17) is 5.73 Å². The van der Waals surface area contributed by atoms with Gasteiger partial charge < -0.3 is 10.6 Å². The van der Waals surface area contributed by atoms with Gasteiger partial charge in [-0.25, -0.2) is 0 Å². The van der Waals surface area contributed by atoms with Crippen molar-refractivity contribution in [3.8, 4) is 0 Å². The van der Waals surface area contributed by atoms with Gasteiger partial charge in [-0.1, -0.05) is 6.07 Å².